The minimum absolute atomic E-state index is 0.0181. The van der Waals surface area contributed by atoms with E-state index in [0.29, 0.717) is 31.8 Å². The highest BCUT2D eigenvalue weighted by Gasteiger charge is 2.50. The molecule has 4 aromatic rings. The molecule has 0 bridgehead atoms. The third-order valence-electron chi connectivity index (χ3n) is 12.3. The third kappa shape index (κ3) is 6.98. The number of aromatic hydroxyl groups is 1. The summed E-state index contributed by atoms with van der Waals surface area (Å²) in [6.45, 7) is 5.96. The van der Waals surface area contributed by atoms with Crippen molar-refractivity contribution >= 4 is 27.5 Å². The Morgan fingerprint density at radius 3 is 2.57 bits per heavy atom. The van der Waals surface area contributed by atoms with Crippen molar-refractivity contribution in [3.63, 3.8) is 0 Å². The molecule has 0 spiro atoms. The fourth-order valence-electron chi connectivity index (χ4n) is 9.61. The monoisotopic (exact) mass is 773 g/mol. The number of nitrogens with zero attached hydrogens (tertiary/aromatic N) is 5. The molecular formula is C42H49F2N5O7. The molecule has 4 fully saturated rings. The fourth-order valence-corrected chi connectivity index (χ4v) is 9.61. The van der Waals surface area contributed by atoms with Crippen LogP contribution in [0.25, 0.3) is 32.9 Å². The molecule has 3 aliphatic heterocycles. The van der Waals surface area contributed by atoms with Crippen LogP contribution in [0.15, 0.2) is 24.3 Å². The smallest absolute Gasteiger partial charge is 0.319 e. The second kappa shape index (κ2) is 15.2. The highest BCUT2D eigenvalue weighted by Crippen LogP contribution is 2.49. The maximum atomic E-state index is 17.4. The van der Waals surface area contributed by atoms with Gasteiger partial charge in [-0.15, -0.1) is 6.42 Å². The summed E-state index contributed by atoms with van der Waals surface area (Å²) >= 11 is 0. The summed E-state index contributed by atoms with van der Waals surface area (Å²) in [6, 6.07) is 5.61. The molecule has 298 valence electrons. The molecule has 2 aromatic carbocycles. The number of hydrogen-bond acceptors (Lipinski definition) is 12. The maximum absolute atomic E-state index is 17.4. The van der Waals surface area contributed by atoms with Gasteiger partial charge >= 0.3 is 6.01 Å². The number of phenolic OH excluding ortho intramolecular Hbond substituents is 1. The van der Waals surface area contributed by atoms with E-state index >= 15 is 8.78 Å². The van der Waals surface area contributed by atoms with Crippen LogP contribution in [0.3, 0.4) is 0 Å². The first-order valence-corrected chi connectivity index (χ1v) is 19.4. The minimum atomic E-state index is -1.25. The van der Waals surface area contributed by atoms with E-state index in [1.807, 2.05) is 0 Å². The van der Waals surface area contributed by atoms with Crippen molar-refractivity contribution in [3.05, 3.63) is 41.5 Å². The van der Waals surface area contributed by atoms with Crippen LogP contribution in [-0.2, 0) is 14.2 Å². The number of anilines is 1. The first-order valence-electron chi connectivity index (χ1n) is 19.4. The zero-order valence-electron chi connectivity index (χ0n) is 32.2. The van der Waals surface area contributed by atoms with E-state index in [-0.39, 0.29) is 93.4 Å². The number of piperidine rings is 1. The molecule has 1 unspecified atom stereocenters. The number of benzene rings is 2. The van der Waals surface area contributed by atoms with Gasteiger partial charge in [-0.25, -0.2) is 13.8 Å². The molecule has 4 aliphatic rings. The lowest BCUT2D eigenvalue weighted by atomic mass is 9.75. The molecule has 1 saturated carbocycles. The van der Waals surface area contributed by atoms with Gasteiger partial charge in [0.2, 0.25) is 5.88 Å². The summed E-state index contributed by atoms with van der Waals surface area (Å²) in [5.41, 5.74) is -2.13. The number of hydrogen-bond donors (Lipinski definition) is 2. The van der Waals surface area contributed by atoms with Gasteiger partial charge in [0.15, 0.2) is 5.82 Å². The Bertz CT molecular complexity index is 2170. The Morgan fingerprint density at radius 1 is 1.00 bits per heavy atom. The van der Waals surface area contributed by atoms with Crippen molar-refractivity contribution in [2.24, 2.45) is 5.41 Å². The molecule has 2 N–H and O–H groups in total. The van der Waals surface area contributed by atoms with E-state index in [1.54, 1.807) is 18.9 Å². The number of methoxy groups -OCH3 is 2. The van der Waals surface area contributed by atoms with Gasteiger partial charge < -0.3 is 38.8 Å². The minimum Gasteiger partial charge on any atom is -0.508 e. The van der Waals surface area contributed by atoms with Crippen LogP contribution in [0.5, 0.6) is 17.6 Å². The van der Waals surface area contributed by atoms with Gasteiger partial charge in [-0.1, -0.05) is 18.4 Å². The molecule has 8 rings (SSSR count). The topological polar surface area (TPSA) is 132 Å². The highest BCUT2D eigenvalue weighted by molar-refractivity contribution is 6.04. The van der Waals surface area contributed by atoms with Gasteiger partial charge in [0.1, 0.15) is 39.6 Å². The van der Waals surface area contributed by atoms with Crippen LogP contribution in [0.2, 0.25) is 0 Å². The van der Waals surface area contributed by atoms with E-state index in [2.05, 4.69) is 15.8 Å². The first kappa shape index (κ1) is 38.5. The number of terminal acetylenes is 1. The number of pyridine rings is 1. The quantitative estimate of drug-likeness (QED) is 0.205. The normalized spacial score (nSPS) is 25.5. The predicted octanol–water partition coefficient (Wildman–Crippen LogP) is 5.62. The van der Waals surface area contributed by atoms with Crippen molar-refractivity contribution < 1.29 is 42.7 Å². The van der Waals surface area contributed by atoms with E-state index in [4.69, 9.17) is 40.1 Å². The lowest BCUT2D eigenvalue weighted by molar-refractivity contribution is -0.122. The van der Waals surface area contributed by atoms with Crippen LogP contribution in [-0.4, -0.2) is 121 Å². The summed E-state index contributed by atoms with van der Waals surface area (Å²) in [4.78, 5) is 18.6. The second-order valence-corrected chi connectivity index (χ2v) is 16.1. The fraction of sp³-hybridized carbons (Fsp3) is 0.548. The van der Waals surface area contributed by atoms with Gasteiger partial charge in [0.05, 0.1) is 44.6 Å². The molecular weight excluding hydrogens is 724 g/mol. The number of rotatable bonds is 9. The summed E-state index contributed by atoms with van der Waals surface area (Å²) in [7, 11) is 3.20. The second-order valence-electron chi connectivity index (χ2n) is 16.1. The van der Waals surface area contributed by atoms with Gasteiger partial charge in [-0.2, -0.15) is 9.97 Å². The van der Waals surface area contributed by atoms with E-state index in [1.165, 1.54) is 31.4 Å². The van der Waals surface area contributed by atoms with Crippen molar-refractivity contribution in [3.8, 4) is 41.2 Å². The average molecular weight is 774 g/mol. The standard InChI is InChI=1S/C42H49F2N5O7/c1-5-28-30(43)10-9-26-20-27(50)21-29(32(26)28)35-34(44)36-33(38(45-35)52-3)37(49-16-19-55-24-40(2,51)22-49)47-39(46-36)56-25-41-11-6-8-31(41)48(15-7-12-41)23-42(53-4)13-17-54-18-14-42/h1,9-10,20-21,31,50-51H,6-8,11-19,22-25H2,2-4H3/t31?,40-,41+/m0/s1. The largest absolute Gasteiger partial charge is 0.508 e. The van der Waals surface area contributed by atoms with Crippen molar-refractivity contribution in [2.75, 3.05) is 78.3 Å². The SMILES string of the molecule is C#Cc1c(F)ccc2cc(O)cc(-c3nc(OC)c4c(N5CCOC[C@@](C)(O)C5)nc(OC[C@]56CCCC5N(CC5(OC)CCOCC5)CCC6)nc4c3F)c12. The van der Waals surface area contributed by atoms with Crippen molar-refractivity contribution in [1.29, 1.82) is 0 Å². The highest BCUT2D eigenvalue weighted by atomic mass is 19.1. The summed E-state index contributed by atoms with van der Waals surface area (Å²) in [6.07, 6.45) is 12.5. The van der Waals surface area contributed by atoms with E-state index in [0.717, 1.165) is 58.0 Å². The number of phenols is 1. The summed E-state index contributed by atoms with van der Waals surface area (Å²) in [5.74, 6) is 0.889. The molecule has 0 radical (unpaired) electrons. The summed E-state index contributed by atoms with van der Waals surface area (Å²) in [5, 5.41) is 22.7. The number of likely N-dealkylation sites (tertiary alicyclic amines) is 1. The van der Waals surface area contributed by atoms with Gasteiger partial charge in [0, 0.05) is 68.7 Å². The van der Waals surface area contributed by atoms with Crippen LogP contribution in [0, 0.1) is 29.4 Å². The molecule has 3 atom stereocenters. The van der Waals surface area contributed by atoms with Gasteiger partial charge in [-0.05, 0) is 62.7 Å². The number of ether oxygens (including phenoxy) is 5. The zero-order valence-corrected chi connectivity index (χ0v) is 32.2. The van der Waals surface area contributed by atoms with Crippen molar-refractivity contribution in [1.82, 2.24) is 19.9 Å². The molecule has 3 saturated heterocycles. The van der Waals surface area contributed by atoms with Crippen molar-refractivity contribution in [2.45, 2.75) is 69.1 Å². The molecule has 1 aliphatic carbocycles. The number of aromatic nitrogens is 3. The Hall–Kier alpha value is -4.39. The van der Waals surface area contributed by atoms with E-state index < -0.39 is 17.2 Å². The lowest BCUT2D eigenvalue weighted by Gasteiger charge is -2.49. The van der Waals surface area contributed by atoms with Gasteiger partial charge in [0.25, 0.3) is 0 Å². The number of β-amino-alcohol motifs (C(OH)–C–C–N with tert-alkyl or cyclic N) is 1. The van der Waals surface area contributed by atoms with Crippen LogP contribution < -0.4 is 14.4 Å². The number of halogens is 2. The van der Waals surface area contributed by atoms with Gasteiger partial charge in [-0.3, -0.25) is 4.90 Å². The molecule has 56 heavy (non-hydrogen) atoms. The van der Waals surface area contributed by atoms with Crippen LogP contribution in [0.1, 0.15) is 57.4 Å². The summed E-state index contributed by atoms with van der Waals surface area (Å²) < 4.78 is 62.4. The molecule has 0 amide bonds. The number of aliphatic hydroxyl groups is 1. The average Bonchev–Trinajstić information content (AvgIpc) is 3.55. The Kier molecular flexibility index (Phi) is 10.4. The molecule has 14 heteroatoms. The molecule has 12 nitrogen and oxygen atoms in total. The molecule has 2 aromatic heterocycles. The van der Waals surface area contributed by atoms with Crippen LogP contribution >= 0.6 is 0 Å². The first-order chi connectivity index (χ1) is 27.0. The third-order valence-corrected chi connectivity index (χ3v) is 12.3. The van der Waals surface area contributed by atoms with Crippen LogP contribution in [0.4, 0.5) is 14.6 Å². The Labute approximate surface area is 325 Å². The Morgan fingerprint density at radius 2 is 1.80 bits per heavy atom. The lowest BCUT2D eigenvalue weighted by Crippen LogP contribution is -2.57. The zero-order chi connectivity index (χ0) is 39.2. The van der Waals surface area contributed by atoms with E-state index in [9.17, 15) is 10.2 Å². The number of fused-ring (bicyclic) bond motifs is 3. The molecule has 5 heterocycles. The predicted molar refractivity (Wildman–Crippen MR) is 206 cm³/mol. The Balaban J connectivity index is 1.24. The maximum Gasteiger partial charge on any atom is 0.319 e.